The highest BCUT2D eigenvalue weighted by Crippen LogP contribution is 2.17. The number of carbonyl (C=O) groups is 3. The first-order valence-corrected chi connectivity index (χ1v) is 31.0. The van der Waals surface area contributed by atoms with E-state index in [-0.39, 0.29) is 32.2 Å². The number of carbonyl (C=O) groups excluding carboxylic acids is 2. The summed E-state index contributed by atoms with van der Waals surface area (Å²) in [6.45, 7) is 4.79. The van der Waals surface area contributed by atoms with Crippen LogP contribution in [0.5, 0.6) is 0 Å². The minimum Gasteiger partial charge on any atom is -0.477 e. The molecular formula is C65H118NO8+. The van der Waals surface area contributed by atoms with Crippen LogP contribution in [0.25, 0.3) is 0 Å². The summed E-state index contributed by atoms with van der Waals surface area (Å²) in [5, 5.41) is 9.72. The van der Waals surface area contributed by atoms with Gasteiger partial charge in [-0.1, -0.05) is 267 Å². The topological polar surface area (TPSA) is 108 Å². The van der Waals surface area contributed by atoms with E-state index in [1.54, 1.807) is 0 Å². The fourth-order valence-electron chi connectivity index (χ4n) is 8.81. The lowest BCUT2D eigenvalue weighted by Gasteiger charge is -2.25. The average molecular weight is 1040 g/mol. The summed E-state index contributed by atoms with van der Waals surface area (Å²) in [7, 11) is 5.97. The fourth-order valence-corrected chi connectivity index (χ4v) is 8.81. The van der Waals surface area contributed by atoms with Gasteiger partial charge in [-0.05, 0) is 57.8 Å². The lowest BCUT2D eigenvalue weighted by Crippen LogP contribution is -2.40. The summed E-state index contributed by atoms with van der Waals surface area (Å²) in [4.78, 5) is 37.5. The number of hydrogen-bond donors (Lipinski definition) is 1. The van der Waals surface area contributed by atoms with Gasteiger partial charge in [-0.15, -0.1) is 0 Å². The zero-order valence-electron chi connectivity index (χ0n) is 49.0. The van der Waals surface area contributed by atoms with E-state index in [1.807, 2.05) is 21.1 Å². The molecule has 1 N–H and O–H groups in total. The third-order valence-electron chi connectivity index (χ3n) is 13.5. The Bertz CT molecular complexity index is 1400. The third-order valence-corrected chi connectivity index (χ3v) is 13.5. The van der Waals surface area contributed by atoms with E-state index in [1.165, 1.54) is 167 Å². The van der Waals surface area contributed by atoms with Crippen LogP contribution < -0.4 is 0 Å². The Kier molecular flexibility index (Phi) is 53.9. The summed E-state index contributed by atoms with van der Waals surface area (Å²) in [6.07, 6.45) is 68.8. The van der Waals surface area contributed by atoms with Crippen LogP contribution in [0.1, 0.15) is 277 Å². The van der Waals surface area contributed by atoms with Crippen LogP contribution in [-0.2, 0) is 33.3 Å². The van der Waals surface area contributed by atoms with Crippen molar-refractivity contribution in [3.63, 3.8) is 0 Å². The van der Waals surface area contributed by atoms with Gasteiger partial charge in [-0.2, -0.15) is 0 Å². The molecule has 0 aromatic rings. The molecule has 0 fully saturated rings. The van der Waals surface area contributed by atoms with Gasteiger partial charge >= 0.3 is 17.9 Å². The fraction of sp³-hybridized carbons (Fsp3) is 0.800. The number of allylic oxidation sites excluding steroid dienone is 10. The SMILES string of the molecule is CC/C=C\C/C=C\C/C=C\C/C=C\C/C=C\CCCCCCCCCC(=O)OC(COC(=O)CCCCCCCCCCCCCCCCCCCCCCCCCCCC)COC(OCC[N+](C)(C)C)C(=O)O. The maximum Gasteiger partial charge on any atom is 0.361 e. The van der Waals surface area contributed by atoms with Crippen molar-refractivity contribution >= 4 is 17.9 Å². The molecule has 0 amide bonds. The van der Waals surface area contributed by atoms with Crippen LogP contribution >= 0.6 is 0 Å². The average Bonchev–Trinajstić information content (AvgIpc) is 3.37. The molecule has 9 nitrogen and oxygen atoms in total. The number of esters is 2. The predicted molar refractivity (Wildman–Crippen MR) is 313 cm³/mol. The smallest absolute Gasteiger partial charge is 0.361 e. The van der Waals surface area contributed by atoms with Crippen LogP contribution in [0.15, 0.2) is 60.8 Å². The van der Waals surface area contributed by atoms with E-state index in [9.17, 15) is 19.5 Å². The van der Waals surface area contributed by atoms with E-state index in [2.05, 4.69) is 74.6 Å². The standard InChI is InChI=1S/C65H117NO8/c1-6-8-10-12-14-16-18-20-22-24-26-28-30-31-32-34-35-37-39-41-43-45-47-49-51-53-55-62(67)72-59-61(60-73-65(64(69)70)71-58-57-66(3,4)5)74-63(68)56-54-52-50-48-46-44-42-40-38-36-33-29-27-25-23-21-19-17-15-13-11-9-7-2/h9,11,15,17,21,23,27,29,36,38,61,65H,6-8,10,12-14,16,18-20,22,24-26,28,30-35,37,39-60H2,1-5H3/p+1/b11-9-,17-15-,23-21-,29-27-,38-36-. The Balaban J connectivity index is 4.20. The number of carboxylic acids is 1. The highest BCUT2D eigenvalue weighted by Gasteiger charge is 2.25. The number of ether oxygens (including phenoxy) is 4. The first kappa shape index (κ1) is 71.0. The van der Waals surface area contributed by atoms with Gasteiger partial charge in [0.1, 0.15) is 13.2 Å². The molecule has 0 radical (unpaired) electrons. The number of rotatable bonds is 57. The second-order valence-electron chi connectivity index (χ2n) is 22.0. The Morgan fingerprint density at radius 3 is 1.15 bits per heavy atom. The Morgan fingerprint density at radius 1 is 0.419 bits per heavy atom. The van der Waals surface area contributed by atoms with Gasteiger partial charge in [0.2, 0.25) is 0 Å². The van der Waals surface area contributed by atoms with E-state index in [0.717, 1.165) is 77.0 Å². The molecule has 0 aliphatic heterocycles. The maximum atomic E-state index is 12.9. The van der Waals surface area contributed by atoms with Gasteiger partial charge in [0.05, 0.1) is 34.4 Å². The first-order valence-electron chi connectivity index (χ1n) is 31.0. The van der Waals surface area contributed by atoms with Crippen molar-refractivity contribution in [3.8, 4) is 0 Å². The molecule has 2 unspecified atom stereocenters. The van der Waals surface area contributed by atoms with Crippen molar-refractivity contribution in [3.05, 3.63) is 60.8 Å². The van der Waals surface area contributed by atoms with Crippen molar-refractivity contribution in [1.82, 2.24) is 0 Å². The lowest BCUT2D eigenvalue weighted by molar-refractivity contribution is -0.870. The second-order valence-corrected chi connectivity index (χ2v) is 22.0. The van der Waals surface area contributed by atoms with Crippen LogP contribution in [0.4, 0.5) is 0 Å². The first-order chi connectivity index (χ1) is 36.1. The molecule has 0 aliphatic rings. The maximum absolute atomic E-state index is 12.9. The zero-order chi connectivity index (χ0) is 54.1. The molecule has 0 aromatic heterocycles. The van der Waals surface area contributed by atoms with Gasteiger partial charge in [0.25, 0.3) is 6.29 Å². The largest absolute Gasteiger partial charge is 0.477 e. The summed E-state index contributed by atoms with van der Waals surface area (Å²) >= 11 is 0. The van der Waals surface area contributed by atoms with E-state index in [0.29, 0.717) is 23.9 Å². The van der Waals surface area contributed by atoms with Gasteiger partial charge in [-0.25, -0.2) is 4.79 Å². The molecular weight excluding hydrogens is 923 g/mol. The summed E-state index contributed by atoms with van der Waals surface area (Å²) in [6, 6.07) is 0. The molecule has 2 atom stereocenters. The lowest BCUT2D eigenvalue weighted by atomic mass is 10.0. The van der Waals surface area contributed by atoms with Crippen LogP contribution in [0.3, 0.4) is 0 Å². The molecule has 0 saturated carbocycles. The number of unbranched alkanes of at least 4 members (excludes halogenated alkanes) is 32. The Labute approximate surface area is 456 Å². The van der Waals surface area contributed by atoms with Crippen molar-refractivity contribution < 1.29 is 42.9 Å². The highest BCUT2D eigenvalue weighted by atomic mass is 16.7. The molecule has 0 saturated heterocycles. The van der Waals surface area contributed by atoms with Gasteiger partial charge in [0, 0.05) is 12.8 Å². The van der Waals surface area contributed by atoms with Gasteiger partial charge in [-0.3, -0.25) is 9.59 Å². The number of hydrogen-bond acceptors (Lipinski definition) is 7. The number of nitrogens with zero attached hydrogens (tertiary/aromatic N) is 1. The summed E-state index contributed by atoms with van der Waals surface area (Å²) in [5.41, 5.74) is 0. The predicted octanol–water partition coefficient (Wildman–Crippen LogP) is 18.4. The number of carboxylic acid groups (broad SMARTS) is 1. The van der Waals surface area contributed by atoms with Gasteiger partial charge < -0.3 is 28.5 Å². The summed E-state index contributed by atoms with van der Waals surface area (Å²) < 4.78 is 22.9. The Hall–Kier alpha value is -3.01. The molecule has 0 aromatic carbocycles. The van der Waals surface area contributed by atoms with Crippen molar-refractivity contribution in [2.24, 2.45) is 0 Å². The third kappa shape index (κ3) is 56.7. The monoisotopic (exact) mass is 1040 g/mol. The zero-order valence-corrected chi connectivity index (χ0v) is 49.0. The summed E-state index contributed by atoms with van der Waals surface area (Å²) in [5.74, 6) is -2.01. The quantitative estimate of drug-likeness (QED) is 0.0211. The van der Waals surface area contributed by atoms with Crippen molar-refractivity contribution in [2.45, 2.75) is 289 Å². The normalized spacial score (nSPS) is 13.1. The molecule has 9 heteroatoms. The minimum atomic E-state index is -1.51. The van der Waals surface area contributed by atoms with Crippen molar-refractivity contribution in [2.75, 3.05) is 47.5 Å². The molecule has 0 heterocycles. The molecule has 430 valence electrons. The molecule has 74 heavy (non-hydrogen) atoms. The Morgan fingerprint density at radius 2 is 0.770 bits per heavy atom. The number of quaternary nitrogens is 1. The number of likely N-dealkylation sites (N-methyl/N-ethyl adjacent to an activating group) is 1. The highest BCUT2D eigenvalue weighted by molar-refractivity contribution is 5.71. The molecule has 0 bridgehead atoms. The van der Waals surface area contributed by atoms with E-state index < -0.39 is 24.3 Å². The molecule has 0 spiro atoms. The van der Waals surface area contributed by atoms with E-state index >= 15 is 0 Å². The molecule has 0 aliphatic carbocycles. The van der Waals surface area contributed by atoms with Crippen LogP contribution in [0.2, 0.25) is 0 Å². The van der Waals surface area contributed by atoms with Crippen molar-refractivity contribution in [1.29, 1.82) is 0 Å². The second kappa shape index (κ2) is 56.2. The number of aliphatic carboxylic acids is 1. The van der Waals surface area contributed by atoms with Crippen LogP contribution in [0, 0.1) is 0 Å². The van der Waals surface area contributed by atoms with Gasteiger partial charge in [0.15, 0.2) is 6.10 Å². The van der Waals surface area contributed by atoms with E-state index in [4.69, 9.17) is 18.9 Å². The molecule has 0 rings (SSSR count). The minimum absolute atomic E-state index is 0.184. The van der Waals surface area contributed by atoms with Crippen LogP contribution in [-0.4, -0.2) is 87.4 Å².